The molecule has 3 heterocycles. The van der Waals surface area contributed by atoms with Crippen molar-refractivity contribution in [2.24, 2.45) is 0 Å². The first-order chi connectivity index (χ1) is 10.2. The van der Waals surface area contributed by atoms with E-state index in [0.717, 1.165) is 5.69 Å². The normalized spacial score (nSPS) is 10.3. The number of pyridine rings is 2. The summed E-state index contributed by atoms with van der Waals surface area (Å²) in [6.07, 6.45) is 6.64. The van der Waals surface area contributed by atoms with Crippen LogP contribution in [0, 0.1) is 6.92 Å². The third-order valence-corrected chi connectivity index (χ3v) is 2.96. The van der Waals surface area contributed by atoms with Crippen molar-refractivity contribution in [1.82, 2.24) is 19.5 Å². The lowest BCUT2D eigenvalue weighted by Gasteiger charge is -2.07. The van der Waals surface area contributed by atoms with Crippen molar-refractivity contribution in [3.8, 4) is 5.82 Å². The third kappa shape index (κ3) is 2.79. The Hall–Kier alpha value is -3.02. The van der Waals surface area contributed by atoms with Crippen molar-refractivity contribution < 1.29 is 4.79 Å². The molecule has 0 saturated carbocycles. The number of anilines is 1. The Morgan fingerprint density at radius 2 is 2.05 bits per heavy atom. The lowest BCUT2D eigenvalue weighted by molar-refractivity contribution is 0.102. The lowest BCUT2D eigenvalue weighted by atomic mass is 10.3. The predicted molar refractivity (Wildman–Crippen MR) is 78.3 cm³/mol. The van der Waals surface area contributed by atoms with Crippen LogP contribution in [0.15, 0.2) is 55.2 Å². The van der Waals surface area contributed by atoms with Crippen LogP contribution in [-0.2, 0) is 0 Å². The number of carbonyl (C=O) groups is 1. The van der Waals surface area contributed by atoms with Gasteiger partial charge < -0.3 is 5.32 Å². The second-order valence-corrected chi connectivity index (χ2v) is 4.48. The number of hydrogen-bond acceptors (Lipinski definition) is 4. The first kappa shape index (κ1) is 13.0. The Morgan fingerprint density at radius 1 is 1.14 bits per heavy atom. The Labute approximate surface area is 121 Å². The summed E-state index contributed by atoms with van der Waals surface area (Å²) in [6, 6.07) is 8.82. The number of aryl methyl sites for hydroxylation is 1. The summed E-state index contributed by atoms with van der Waals surface area (Å²) in [7, 11) is 0. The fourth-order valence-electron chi connectivity index (χ4n) is 1.92. The molecule has 104 valence electrons. The summed E-state index contributed by atoms with van der Waals surface area (Å²) < 4.78 is 1.82. The van der Waals surface area contributed by atoms with Crippen LogP contribution in [0.3, 0.4) is 0 Å². The van der Waals surface area contributed by atoms with E-state index in [1.165, 1.54) is 0 Å². The molecule has 0 radical (unpaired) electrons. The largest absolute Gasteiger partial charge is 0.319 e. The van der Waals surface area contributed by atoms with Gasteiger partial charge in [-0.25, -0.2) is 9.97 Å². The van der Waals surface area contributed by atoms with Crippen LogP contribution in [0.1, 0.15) is 16.2 Å². The van der Waals surface area contributed by atoms with Crippen molar-refractivity contribution in [3.05, 3.63) is 66.6 Å². The number of aromatic nitrogens is 4. The van der Waals surface area contributed by atoms with Gasteiger partial charge in [0.05, 0.1) is 11.9 Å². The van der Waals surface area contributed by atoms with Gasteiger partial charge in [0.2, 0.25) is 0 Å². The topological polar surface area (TPSA) is 72.7 Å². The van der Waals surface area contributed by atoms with Crippen molar-refractivity contribution in [3.63, 3.8) is 0 Å². The second-order valence-electron chi connectivity index (χ2n) is 4.48. The van der Waals surface area contributed by atoms with Crippen LogP contribution >= 0.6 is 0 Å². The van der Waals surface area contributed by atoms with Crippen LogP contribution in [0.2, 0.25) is 0 Å². The van der Waals surface area contributed by atoms with E-state index >= 15 is 0 Å². The third-order valence-electron chi connectivity index (χ3n) is 2.96. The fourth-order valence-corrected chi connectivity index (χ4v) is 1.92. The monoisotopic (exact) mass is 279 g/mol. The van der Waals surface area contributed by atoms with Gasteiger partial charge in [0.1, 0.15) is 17.8 Å². The molecular weight excluding hydrogens is 266 g/mol. The quantitative estimate of drug-likeness (QED) is 0.798. The summed E-state index contributed by atoms with van der Waals surface area (Å²) in [5.74, 6) is 0.381. The zero-order valence-corrected chi connectivity index (χ0v) is 11.4. The Bertz CT molecular complexity index is 766. The number of imidazole rings is 1. The van der Waals surface area contributed by atoms with Gasteiger partial charge in [-0.15, -0.1) is 0 Å². The highest BCUT2D eigenvalue weighted by Crippen LogP contribution is 2.10. The van der Waals surface area contributed by atoms with Gasteiger partial charge in [-0.1, -0.05) is 6.07 Å². The van der Waals surface area contributed by atoms with Gasteiger partial charge in [-0.05, 0) is 31.2 Å². The molecule has 0 fully saturated rings. The van der Waals surface area contributed by atoms with Crippen molar-refractivity contribution in [2.75, 3.05) is 5.32 Å². The summed E-state index contributed by atoms with van der Waals surface area (Å²) in [6.45, 7) is 1.93. The molecule has 0 spiro atoms. The molecule has 3 aromatic heterocycles. The average Bonchev–Trinajstić information content (AvgIpc) is 2.94. The van der Waals surface area contributed by atoms with E-state index < -0.39 is 0 Å². The minimum Gasteiger partial charge on any atom is -0.319 e. The number of carbonyl (C=O) groups excluding carboxylic acids is 1. The molecule has 0 aliphatic rings. The summed E-state index contributed by atoms with van der Waals surface area (Å²) in [4.78, 5) is 24.6. The average molecular weight is 279 g/mol. The van der Waals surface area contributed by atoms with Gasteiger partial charge in [0.25, 0.3) is 5.91 Å². The van der Waals surface area contributed by atoms with E-state index in [0.29, 0.717) is 17.2 Å². The van der Waals surface area contributed by atoms with Gasteiger partial charge in [-0.3, -0.25) is 14.3 Å². The maximum atomic E-state index is 12.2. The Kier molecular flexibility index (Phi) is 3.42. The minimum atomic E-state index is -0.275. The SMILES string of the molecule is Cc1cncn1-c1cccc(C(=O)Nc2cccnc2)n1. The van der Waals surface area contributed by atoms with Crippen LogP contribution in [0.5, 0.6) is 0 Å². The van der Waals surface area contributed by atoms with Crippen LogP contribution in [0.25, 0.3) is 5.82 Å². The molecule has 0 atom stereocenters. The molecule has 3 aromatic rings. The number of rotatable bonds is 3. The summed E-state index contributed by atoms with van der Waals surface area (Å²) in [5, 5.41) is 2.76. The van der Waals surface area contributed by atoms with Crippen molar-refractivity contribution in [2.45, 2.75) is 6.92 Å². The number of amides is 1. The number of nitrogens with one attached hydrogen (secondary N) is 1. The van der Waals surface area contributed by atoms with Gasteiger partial charge in [-0.2, -0.15) is 0 Å². The van der Waals surface area contributed by atoms with Crippen LogP contribution in [0.4, 0.5) is 5.69 Å². The highest BCUT2D eigenvalue weighted by molar-refractivity contribution is 6.02. The number of hydrogen-bond donors (Lipinski definition) is 1. The highest BCUT2D eigenvalue weighted by Gasteiger charge is 2.10. The van der Waals surface area contributed by atoms with Crippen LogP contribution in [-0.4, -0.2) is 25.4 Å². The first-order valence-corrected chi connectivity index (χ1v) is 6.42. The summed E-state index contributed by atoms with van der Waals surface area (Å²) >= 11 is 0. The predicted octanol–water partition coefficient (Wildman–Crippen LogP) is 2.22. The Balaban J connectivity index is 1.86. The van der Waals surface area contributed by atoms with Crippen molar-refractivity contribution >= 4 is 11.6 Å². The van der Waals surface area contributed by atoms with E-state index in [1.54, 1.807) is 49.2 Å². The van der Waals surface area contributed by atoms with Crippen LogP contribution < -0.4 is 5.32 Å². The Morgan fingerprint density at radius 3 is 2.76 bits per heavy atom. The highest BCUT2D eigenvalue weighted by atomic mass is 16.1. The van der Waals surface area contributed by atoms with E-state index in [9.17, 15) is 4.79 Å². The lowest BCUT2D eigenvalue weighted by Crippen LogP contribution is -2.14. The minimum absolute atomic E-state index is 0.275. The molecule has 0 bridgehead atoms. The number of nitrogens with zero attached hydrogens (tertiary/aromatic N) is 4. The molecule has 6 nitrogen and oxygen atoms in total. The molecule has 1 N–H and O–H groups in total. The molecule has 0 saturated heterocycles. The molecule has 3 rings (SSSR count). The molecule has 6 heteroatoms. The van der Waals surface area contributed by atoms with Gasteiger partial charge in [0.15, 0.2) is 0 Å². The van der Waals surface area contributed by atoms with E-state index in [1.807, 2.05) is 17.6 Å². The zero-order valence-electron chi connectivity index (χ0n) is 11.4. The molecule has 0 unspecified atom stereocenters. The van der Waals surface area contributed by atoms with Gasteiger partial charge >= 0.3 is 0 Å². The van der Waals surface area contributed by atoms with E-state index in [2.05, 4.69) is 20.3 Å². The molecule has 0 aromatic carbocycles. The smallest absolute Gasteiger partial charge is 0.274 e. The maximum absolute atomic E-state index is 12.2. The standard InChI is InChI=1S/C15H13N5O/c1-11-8-17-10-20(11)14-6-2-5-13(19-14)15(21)18-12-4-3-7-16-9-12/h2-10H,1H3,(H,18,21). The summed E-state index contributed by atoms with van der Waals surface area (Å²) in [5.41, 5.74) is 1.92. The molecule has 0 aliphatic carbocycles. The molecular formula is C15H13N5O. The molecule has 1 amide bonds. The molecule has 0 aliphatic heterocycles. The van der Waals surface area contributed by atoms with E-state index in [4.69, 9.17) is 0 Å². The van der Waals surface area contributed by atoms with E-state index in [-0.39, 0.29) is 5.91 Å². The second kappa shape index (κ2) is 5.54. The maximum Gasteiger partial charge on any atom is 0.274 e. The first-order valence-electron chi connectivity index (χ1n) is 6.42. The molecule has 21 heavy (non-hydrogen) atoms. The fraction of sp³-hybridized carbons (Fsp3) is 0.0667. The van der Waals surface area contributed by atoms with Gasteiger partial charge in [0, 0.05) is 18.1 Å². The van der Waals surface area contributed by atoms with Crippen molar-refractivity contribution in [1.29, 1.82) is 0 Å². The zero-order chi connectivity index (χ0) is 14.7.